The van der Waals surface area contributed by atoms with Crippen LogP contribution in [-0.2, 0) is 14.3 Å². The molecule has 0 fully saturated rings. The number of hydrogen-bond donors (Lipinski definition) is 0. The van der Waals surface area contributed by atoms with E-state index in [0.29, 0.717) is 0 Å². The lowest BCUT2D eigenvalue weighted by Gasteiger charge is -2.27. The van der Waals surface area contributed by atoms with E-state index in [4.69, 9.17) is 9.47 Å². The van der Waals surface area contributed by atoms with E-state index in [-0.39, 0.29) is 5.78 Å². The summed E-state index contributed by atoms with van der Waals surface area (Å²) in [6.45, 7) is 2.28. The molecule has 0 spiro atoms. The Bertz CT molecular complexity index is 447. The predicted octanol–water partition coefficient (Wildman–Crippen LogP) is 6.91. The summed E-state index contributed by atoms with van der Waals surface area (Å²) in [7, 11) is 3.03. The fourth-order valence-corrected chi connectivity index (χ4v) is 3.74. The Morgan fingerprint density at radius 2 is 1.15 bits per heavy atom. The third kappa shape index (κ3) is 9.71. The maximum Gasteiger partial charge on any atom is 0.253 e. The van der Waals surface area contributed by atoms with Gasteiger partial charge >= 0.3 is 0 Å². The van der Waals surface area contributed by atoms with Crippen LogP contribution in [-0.4, -0.2) is 25.8 Å². The molecule has 0 radical (unpaired) electrons. The van der Waals surface area contributed by atoms with Crippen LogP contribution in [0.2, 0.25) is 0 Å². The van der Waals surface area contributed by atoms with Crippen LogP contribution >= 0.6 is 0 Å². The molecular formula is C24H42O3. The van der Waals surface area contributed by atoms with Gasteiger partial charge < -0.3 is 9.47 Å². The van der Waals surface area contributed by atoms with Crippen molar-refractivity contribution in [3.63, 3.8) is 0 Å². The molecule has 27 heavy (non-hydrogen) atoms. The van der Waals surface area contributed by atoms with E-state index in [0.717, 1.165) is 18.4 Å². The van der Waals surface area contributed by atoms with E-state index in [1.54, 1.807) is 6.08 Å². The van der Waals surface area contributed by atoms with Gasteiger partial charge in [-0.15, -0.1) is 0 Å². The van der Waals surface area contributed by atoms with Crippen molar-refractivity contribution in [1.29, 1.82) is 0 Å². The van der Waals surface area contributed by atoms with Gasteiger partial charge in [0.1, 0.15) is 0 Å². The smallest absolute Gasteiger partial charge is 0.253 e. The van der Waals surface area contributed by atoms with E-state index in [9.17, 15) is 4.79 Å². The number of ether oxygens (including phenoxy) is 2. The van der Waals surface area contributed by atoms with Crippen molar-refractivity contribution in [1.82, 2.24) is 0 Å². The average molecular weight is 379 g/mol. The molecule has 0 aliphatic heterocycles. The first-order valence-corrected chi connectivity index (χ1v) is 11.2. The molecule has 0 saturated heterocycles. The zero-order valence-electron chi connectivity index (χ0n) is 18.1. The number of ketones is 1. The van der Waals surface area contributed by atoms with E-state index in [2.05, 4.69) is 6.92 Å². The highest BCUT2D eigenvalue weighted by Crippen LogP contribution is 2.25. The van der Waals surface area contributed by atoms with Crippen molar-refractivity contribution in [2.24, 2.45) is 0 Å². The van der Waals surface area contributed by atoms with Crippen LogP contribution < -0.4 is 0 Å². The van der Waals surface area contributed by atoms with E-state index < -0.39 is 5.79 Å². The van der Waals surface area contributed by atoms with Crippen molar-refractivity contribution in [3.8, 4) is 0 Å². The summed E-state index contributed by atoms with van der Waals surface area (Å²) in [5, 5.41) is 0. The van der Waals surface area contributed by atoms with Crippen LogP contribution in [0.25, 0.3) is 0 Å². The lowest BCUT2D eigenvalue weighted by molar-refractivity contribution is -0.181. The fourth-order valence-electron chi connectivity index (χ4n) is 3.74. The van der Waals surface area contributed by atoms with Crippen LogP contribution in [0.3, 0.4) is 0 Å². The molecule has 1 aliphatic rings. The van der Waals surface area contributed by atoms with E-state index in [1.165, 1.54) is 97.7 Å². The molecule has 0 aromatic carbocycles. The largest absolute Gasteiger partial charge is 0.344 e. The minimum Gasteiger partial charge on any atom is -0.344 e. The Morgan fingerprint density at radius 3 is 1.59 bits per heavy atom. The van der Waals surface area contributed by atoms with Gasteiger partial charge in [0.25, 0.3) is 5.79 Å². The molecule has 0 unspecified atom stereocenters. The molecule has 0 N–H and O–H groups in total. The van der Waals surface area contributed by atoms with Gasteiger partial charge in [-0.05, 0) is 30.6 Å². The van der Waals surface area contributed by atoms with Crippen molar-refractivity contribution in [3.05, 3.63) is 23.8 Å². The third-order valence-electron chi connectivity index (χ3n) is 5.59. The van der Waals surface area contributed by atoms with Crippen LogP contribution in [0.4, 0.5) is 0 Å². The Morgan fingerprint density at radius 1 is 0.704 bits per heavy atom. The Balaban J connectivity index is 1.97. The van der Waals surface area contributed by atoms with Gasteiger partial charge in [0.15, 0.2) is 0 Å². The molecular weight excluding hydrogens is 336 g/mol. The highest BCUT2D eigenvalue weighted by atomic mass is 16.7. The van der Waals surface area contributed by atoms with Gasteiger partial charge in [-0.1, -0.05) is 96.5 Å². The first-order chi connectivity index (χ1) is 13.2. The summed E-state index contributed by atoms with van der Waals surface area (Å²) in [4.78, 5) is 11.9. The first-order valence-electron chi connectivity index (χ1n) is 11.2. The van der Waals surface area contributed by atoms with Gasteiger partial charge in [-0.2, -0.15) is 0 Å². The lowest BCUT2D eigenvalue weighted by Crippen LogP contribution is -2.41. The van der Waals surface area contributed by atoms with Crippen LogP contribution in [0, 0.1) is 0 Å². The summed E-state index contributed by atoms with van der Waals surface area (Å²) in [5.74, 6) is -1.35. The molecule has 156 valence electrons. The van der Waals surface area contributed by atoms with Crippen molar-refractivity contribution < 1.29 is 14.3 Å². The van der Waals surface area contributed by atoms with Crippen LogP contribution in [0.15, 0.2) is 23.8 Å². The zero-order valence-corrected chi connectivity index (χ0v) is 18.1. The maximum atomic E-state index is 11.9. The van der Waals surface area contributed by atoms with Crippen LogP contribution in [0.5, 0.6) is 0 Å². The van der Waals surface area contributed by atoms with Crippen LogP contribution in [0.1, 0.15) is 103 Å². The van der Waals surface area contributed by atoms with Crippen molar-refractivity contribution in [2.75, 3.05) is 14.2 Å². The lowest BCUT2D eigenvalue weighted by atomic mass is 9.96. The minimum atomic E-state index is -1.21. The number of carbonyl (C=O) groups excluding carboxylic acids is 1. The third-order valence-corrected chi connectivity index (χ3v) is 5.59. The molecule has 0 amide bonds. The standard InChI is InChI=1S/C24H42O3/c1-4-5-6-7-8-9-10-11-12-13-14-15-16-17-18-22-19-20-23(25)24(21-22,26-2)27-3/h19-21H,4-18H2,1-3H3. The van der Waals surface area contributed by atoms with Crippen molar-refractivity contribution >= 4 is 5.78 Å². The molecule has 0 atom stereocenters. The van der Waals surface area contributed by atoms with Gasteiger partial charge in [0.2, 0.25) is 5.78 Å². The molecule has 0 aromatic heterocycles. The van der Waals surface area contributed by atoms with Crippen molar-refractivity contribution in [2.45, 2.75) is 109 Å². The quantitative estimate of drug-likeness (QED) is 0.204. The van der Waals surface area contributed by atoms with Gasteiger partial charge in [-0.25, -0.2) is 0 Å². The van der Waals surface area contributed by atoms with Gasteiger partial charge in [0, 0.05) is 14.2 Å². The molecule has 0 saturated carbocycles. The number of rotatable bonds is 17. The average Bonchev–Trinajstić information content (AvgIpc) is 2.69. The Labute approximate surface area is 167 Å². The highest BCUT2D eigenvalue weighted by Gasteiger charge is 2.36. The summed E-state index contributed by atoms with van der Waals surface area (Å²) in [6.07, 6.45) is 25.5. The van der Waals surface area contributed by atoms with Gasteiger partial charge in [0.05, 0.1) is 0 Å². The summed E-state index contributed by atoms with van der Waals surface area (Å²) >= 11 is 0. The Hall–Kier alpha value is -0.930. The molecule has 0 aromatic rings. The maximum absolute atomic E-state index is 11.9. The molecule has 0 heterocycles. The normalized spacial score (nSPS) is 16.0. The molecule has 3 nitrogen and oxygen atoms in total. The number of carbonyl (C=O) groups is 1. The number of methoxy groups -OCH3 is 2. The number of hydrogen-bond acceptors (Lipinski definition) is 3. The molecule has 1 rings (SSSR count). The minimum absolute atomic E-state index is 0.141. The molecule has 3 heteroatoms. The summed E-state index contributed by atoms with van der Waals surface area (Å²) < 4.78 is 10.6. The number of allylic oxidation sites excluding steroid dienone is 2. The Kier molecular flexibility index (Phi) is 13.4. The summed E-state index contributed by atoms with van der Waals surface area (Å²) in [6, 6.07) is 0. The van der Waals surface area contributed by atoms with Gasteiger partial charge in [-0.3, -0.25) is 4.79 Å². The summed E-state index contributed by atoms with van der Waals surface area (Å²) in [5.41, 5.74) is 1.14. The first kappa shape index (κ1) is 24.1. The van der Waals surface area contributed by atoms with E-state index in [1.807, 2.05) is 12.2 Å². The second-order valence-electron chi connectivity index (χ2n) is 7.84. The monoisotopic (exact) mass is 378 g/mol. The number of unbranched alkanes of at least 4 members (excludes halogenated alkanes) is 13. The topological polar surface area (TPSA) is 35.5 Å². The van der Waals surface area contributed by atoms with E-state index >= 15 is 0 Å². The molecule has 1 aliphatic carbocycles. The molecule has 0 bridgehead atoms. The fraction of sp³-hybridized carbons (Fsp3) is 0.792. The zero-order chi connectivity index (χ0) is 19.8. The SMILES string of the molecule is CCCCCCCCCCCCCCCCC1=CC(OC)(OC)C(=O)C=C1. The highest BCUT2D eigenvalue weighted by molar-refractivity contribution is 5.99. The second-order valence-corrected chi connectivity index (χ2v) is 7.84. The predicted molar refractivity (Wildman–Crippen MR) is 114 cm³/mol. The second kappa shape index (κ2) is 15.0.